The highest BCUT2D eigenvalue weighted by Crippen LogP contribution is 2.40. The van der Waals surface area contributed by atoms with Gasteiger partial charge in [-0.1, -0.05) is 127 Å². The molecule has 1 aliphatic heterocycles. The number of hydrogen-bond acceptors (Lipinski definition) is 11. The maximum absolute atomic E-state index is 12.5. The quantitative estimate of drug-likeness (QED) is 0.0678. The lowest BCUT2D eigenvalue weighted by Crippen LogP contribution is -2.41. The van der Waals surface area contributed by atoms with Gasteiger partial charge < -0.3 is 13.5 Å². The highest BCUT2D eigenvalue weighted by atomic mass is 32.2. The number of fused-ring (bicyclic) bond motifs is 20. The van der Waals surface area contributed by atoms with E-state index in [0.29, 0.717) is 5.39 Å². The molecule has 0 atom stereocenters. The molecule has 0 aliphatic carbocycles. The lowest BCUT2D eigenvalue weighted by atomic mass is 9.79. The molecule has 1 saturated heterocycles. The lowest BCUT2D eigenvalue weighted by molar-refractivity contribution is -0.0500. The molecule has 0 radical (unpaired) electrons. The van der Waals surface area contributed by atoms with E-state index in [9.17, 15) is 21.6 Å². The molecular formula is C81H56BF3N8O5S. The third-order valence-corrected chi connectivity index (χ3v) is 20.2. The van der Waals surface area contributed by atoms with E-state index >= 15 is 0 Å². The van der Waals surface area contributed by atoms with E-state index < -0.39 is 22.7 Å². The molecule has 10 aromatic carbocycles. The summed E-state index contributed by atoms with van der Waals surface area (Å²) in [5.74, 6) is -0.386. The van der Waals surface area contributed by atoms with E-state index in [1.165, 1.54) is 56.4 Å². The van der Waals surface area contributed by atoms with Gasteiger partial charge in [0.1, 0.15) is 17.0 Å². The Morgan fingerprint density at radius 3 is 1.27 bits per heavy atom. The first-order valence-electron chi connectivity index (χ1n) is 32.2. The Bertz CT molecular complexity index is 6470. The van der Waals surface area contributed by atoms with Crippen molar-refractivity contribution in [3.8, 4) is 39.1 Å². The number of benzene rings is 10. The van der Waals surface area contributed by atoms with Crippen molar-refractivity contribution >= 4 is 143 Å². The van der Waals surface area contributed by atoms with Crippen molar-refractivity contribution in [2.75, 3.05) is 0 Å². The molecule has 18 heteroatoms. The Hall–Kier alpha value is -11.7. The van der Waals surface area contributed by atoms with Crippen molar-refractivity contribution in [3.05, 3.63) is 268 Å². The van der Waals surface area contributed by atoms with Crippen LogP contribution in [0.4, 0.5) is 13.2 Å². The summed E-state index contributed by atoms with van der Waals surface area (Å²) in [4.78, 5) is 28.2. The minimum Gasteiger partial charge on any atom is -0.399 e. The molecule has 0 unspecified atom stereocenters. The second-order valence-electron chi connectivity index (χ2n) is 25.8. The van der Waals surface area contributed by atoms with Crippen molar-refractivity contribution in [2.24, 2.45) is 0 Å². The van der Waals surface area contributed by atoms with E-state index in [0.717, 1.165) is 115 Å². The summed E-state index contributed by atoms with van der Waals surface area (Å²) in [6, 6.07) is 77.0. The van der Waals surface area contributed by atoms with E-state index in [1.807, 2.05) is 104 Å². The van der Waals surface area contributed by atoms with Gasteiger partial charge in [-0.3, -0.25) is 28.7 Å². The topological polar surface area (TPSA) is 148 Å². The van der Waals surface area contributed by atoms with Crippen LogP contribution in [0.1, 0.15) is 27.7 Å². The second-order valence-corrected chi connectivity index (χ2v) is 27.3. The number of aromatic nitrogens is 8. The molecular weight excluding hydrogens is 1260 g/mol. The molecule has 0 amide bonds. The average molecular weight is 1320 g/mol. The zero-order valence-electron chi connectivity index (χ0n) is 53.6. The lowest BCUT2D eigenvalue weighted by Gasteiger charge is -2.32. The monoisotopic (exact) mass is 1320 g/mol. The molecule has 13 nitrogen and oxygen atoms in total. The van der Waals surface area contributed by atoms with Crippen LogP contribution in [0, 0.1) is 0 Å². The second kappa shape index (κ2) is 23.3. The van der Waals surface area contributed by atoms with Gasteiger partial charge in [-0.05, 0) is 213 Å². The van der Waals surface area contributed by atoms with Crippen LogP contribution in [0.15, 0.2) is 268 Å². The van der Waals surface area contributed by atoms with Crippen LogP contribution in [-0.4, -0.2) is 71.0 Å². The largest absolute Gasteiger partial charge is 0.534 e. The number of pyridine rings is 6. The zero-order valence-corrected chi connectivity index (χ0v) is 54.5. The molecule has 18 aromatic rings. The number of halogens is 3. The Labute approximate surface area is 564 Å². The van der Waals surface area contributed by atoms with Gasteiger partial charge >= 0.3 is 22.7 Å². The first-order chi connectivity index (χ1) is 47.9. The summed E-state index contributed by atoms with van der Waals surface area (Å²) in [6.07, 6.45) is 11.1. The van der Waals surface area contributed by atoms with Crippen molar-refractivity contribution < 1.29 is 35.1 Å². The summed E-state index contributed by atoms with van der Waals surface area (Å²) >= 11 is 0. The highest BCUT2D eigenvalue weighted by Gasteiger charge is 2.52. The fourth-order valence-corrected chi connectivity index (χ4v) is 13.9. The van der Waals surface area contributed by atoms with Crippen LogP contribution in [-0.2, 0) is 19.4 Å². The molecule has 1 aliphatic rings. The molecule has 0 N–H and O–H groups in total. The Morgan fingerprint density at radius 2 is 0.798 bits per heavy atom. The van der Waals surface area contributed by atoms with Crippen LogP contribution >= 0.6 is 0 Å². The van der Waals surface area contributed by atoms with Crippen molar-refractivity contribution in [1.29, 1.82) is 0 Å². The third-order valence-electron chi connectivity index (χ3n) is 19.2. The molecule has 0 spiro atoms. The molecule has 0 bridgehead atoms. The fourth-order valence-electron chi connectivity index (χ4n) is 13.4. The smallest absolute Gasteiger partial charge is 0.399 e. The van der Waals surface area contributed by atoms with E-state index in [-0.39, 0.29) is 17.0 Å². The Kier molecular flexibility index (Phi) is 14.3. The van der Waals surface area contributed by atoms with Crippen molar-refractivity contribution in [2.45, 2.75) is 44.4 Å². The van der Waals surface area contributed by atoms with E-state index in [2.05, 4.69) is 194 Å². The zero-order chi connectivity index (χ0) is 67.5. The predicted molar refractivity (Wildman–Crippen MR) is 391 cm³/mol. The van der Waals surface area contributed by atoms with Gasteiger partial charge in [-0.2, -0.15) is 21.6 Å². The van der Waals surface area contributed by atoms with Gasteiger partial charge in [-0.25, -0.2) is 9.97 Å². The standard InChI is InChI=1S/C37H22N4.C23H21BN4O2.C21H13F3O3S/c1-2-5-24-18-25(8-7-23(24)4-1)26-9-10-28-20-29(12-11-27(28)19-26)30-13-14-34-33(21-30)40-37-32-6-3-16-39-36(32)31-15-17-38-22-35(31)41(34)37;1-22(2)23(3,4)30-24(29-22)14-7-8-18-17(12-14)27-21-16-6-5-10-26-20(16)15-9-11-25-13-19(15)28(18)21;22-21(23,24)28(25,26)27-20-10-9-18-12-17(7-8-19(18)13-20)16-6-5-14-3-1-2-4-15(14)11-16/h1-22H;5-13H,1-4H3;1-13H. The van der Waals surface area contributed by atoms with Crippen molar-refractivity contribution in [1.82, 2.24) is 38.7 Å². The van der Waals surface area contributed by atoms with Crippen LogP contribution in [0.25, 0.3) is 153 Å². The first kappa shape index (κ1) is 60.9. The predicted octanol–water partition coefficient (Wildman–Crippen LogP) is 19.0. The van der Waals surface area contributed by atoms with Gasteiger partial charge in [0.05, 0.1) is 67.7 Å². The maximum Gasteiger partial charge on any atom is 0.534 e. The van der Waals surface area contributed by atoms with Gasteiger partial charge in [0.2, 0.25) is 0 Å². The van der Waals surface area contributed by atoms with Crippen LogP contribution < -0.4 is 9.65 Å². The summed E-state index contributed by atoms with van der Waals surface area (Å²) in [6.45, 7) is 8.26. The number of imidazole rings is 2. The van der Waals surface area contributed by atoms with E-state index in [4.69, 9.17) is 19.3 Å². The summed E-state index contributed by atoms with van der Waals surface area (Å²) < 4.78 is 80.8. The maximum atomic E-state index is 12.5. The molecule has 99 heavy (non-hydrogen) atoms. The summed E-state index contributed by atoms with van der Waals surface area (Å²) in [5, 5.41) is 12.7. The summed E-state index contributed by atoms with van der Waals surface area (Å²) in [7, 11) is -6.11. The third kappa shape index (κ3) is 10.7. The van der Waals surface area contributed by atoms with Gasteiger partial charge in [0, 0.05) is 46.3 Å². The van der Waals surface area contributed by atoms with E-state index in [1.54, 1.807) is 12.3 Å². The Morgan fingerprint density at radius 1 is 0.404 bits per heavy atom. The molecule has 0 saturated carbocycles. The van der Waals surface area contributed by atoms with Crippen LogP contribution in [0.3, 0.4) is 0 Å². The van der Waals surface area contributed by atoms with Crippen molar-refractivity contribution in [3.63, 3.8) is 0 Å². The molecule has 8 aromatic heterocycles. The number of alkyl halides is 3. The number of rotatable bonds is 6. The average Bonchev–Trinajstić information content (AvgIpc) is 1.56. The minimum atomic E-state index is -5.69. The van der Waals surface area contributed by atoms with Gasteiger partial charge in [-0.15, -0.1) is 0 Å². The molecule has 480 valence electrons. The van der Waals surface area contributed by atoms with Gasteiger partial charge in [0.25, 0.3) is 0 Å². The minimum absolute atomic E-state index is 0.380. The van der Waals surface area contributed by atoms with Gasteiger partial charge in [0.15, 0.2) is 0 Å². The molecule has 1 fully saturated rings. The van der Waals surface area contributed by atoms with Crippen LogP contribution in [0.2, 0.25) is 0 Å². The number of nitrogens with zero attached hydrogens (tertiary/aromatic N) is 8. The SMILES string of the molecule is CC1(C)OB(c2ccc3c(c2)nc2c4cccnc4c4ccncc4n32)OC1(C)C.O=S(=O)(Oc1ccc2cc(-c3ccc4ccccc4c3)ccc2c1)C(F)(F)F.c1ccc2cc(-c3ccc4cc(-c5ccc6c(c5)nc5c7cccnc7c7ccncc7n65)ccc4c3)ccc2c1. The highest BCUT2D eigenvalue weighted by molar-refractivity contribution is 7.88. The summed E-state index contributed by atoms with van der Waals surface area (Å²) in [5.41, 5.74) is 11.1. The Balaban J connectivity index is 0.000000114. The first-order valence-corrected chi connectivity index (χ1v) is 33.6. The number of hydrogen-bond donors (Lipinski definition) is 0. The van der Waals surface area contributed by atoms with Crippen LogP contribution in [0.5, 0.6) is 5.75 Å². The molecule has 19 rings (SSSR count). The fraction of sp³-hybridized carbons (Fsp3) is 0.0864. The normalized spacial score (nSPS) is 13.9. The molecule has 9 heterocycles.